The number of hydrogen-bond acceptors (Lipinski definition) is 5. The van der Waals surface area contributed by atoms with Gasteiger partial charge < -0.3 is 9.26 Å². The molecule has 0 radical (unpaired) electrons. The Morgan fingerprint density at radius 1 is 0.848 bits per heavy atom. The van der Waals surface area contributed by atoms with Crippen LogP contribution < -0.4 is 15.3 Å². The van der Waals surface area contributed by atoms with Gasteiger partial charge in [-0.25, -0.2) is 12.7 Å². The number of benzene rings is 3. The van der Waals surface area contributed by atoms with Gasteiger partial charge in [-0.3, -0.25) is 4.57 Å². The molecule has 0 saturated carbocycles. The fraction of sp³-hybridized carbons (Fsp3) is 0.200. The highest BCUT2D eigenvalue weighted by Crippen LogP contribution is 2.48. The van der Waals surface area contributed by atoms with Crippen molar-refractivity contribution in [1.29, 1.82) is 0 Å². The standard InChI is InChI=1S/C25H26NO5PS/c1-30-21-12-11-17-24(20-21)33(28,29)26-19-10-4-9-18-25(26)31-32(27,22-13-5-2-6-14-22)23-15-7-3-8-16-23/h2-3,5-8,11-18,20H,4,9-10,19H2,1H3. The van der Waals surface area contributed by atoms with Crippen LogP contribution in [-0.4, -0.2) is 26.4 Å². The van der Waals surface area contributed by atoms with E-state index in [2.05, 4.69) is 0 Å². The number of sulfonamides is 1. The lowest BCUT2D eigenvalue weighted by molar-refractivity contribution is 0.306. The molecule has 33 heavy (non-hydrogen) atoms. The molecule has 0 aromatic heterocycles. The van der Waals surface area contributed by atoms with Crippen molar-refractivity contribution in [2.75, 3.05) is 13.7 Å². The van der Waals surface area contributed by atoms with Crippen LogP contribution in [0.4, 0.5) is 0 Å². The van der Waals surface area contributed by atoms with Gasteiger partial charge in [-0.05, 0) is 61.7 Å². The van der Waals surface area contributed by atoms with Gasteiger partial charge in [0.25, 0.3) is 10.0 Å². The summed E-state index contributed by atoms with van der Waals surface area (Å²) in [6.07, 6.45) is 3.82. The highest BCUT2D eigenvalue weighted by Gasteiger charge is 2.36. The summed E-state index contributed by atoms with van der Waals surface area (Å²) in [4.78, 5) is 0.0903. The summed E-state index contributed by atoms with van der Waals surface area (Å²) in [6.45, 7) is 0.231. The molecule has 4 rings (SSSR count). The van der Waals surface area contributed by atoms with Crippen LogP contribution in [0.1, 0.15) is 19.3 Å². The van der Waals surface area contributed by atoms with Crippen molar-refractivity contribution >= 4 is 28.0 Å². The molecule has 0 fully saturated rings. The minimum atomic E-state index is -3.96. The first-order valence-corrected chi connectivity index (χ1v) is 13.8. The van der Waals surface area contributed by atoms with Crippen LogP contribution >= 0.6 is 7.37 Å². The molecular formula is C25H26NO5PS. The molecule has 3 aromatic rings. The Bertz CT molecular complexity index is 1230. The maximum absolute atomic E-state index is 14.4. The van der Waals surface area contributed by atoms with Gasteiger partial charge in [-0.15, -0.1) is 0 Å². The first-order valence-electron chi connectivity index (χ1n) is 10.7. The van der Waals surface area contributed by atoms with Crippen molar-refractivity contribution in [2.45, 2.75) is 24.2 Å². The van der Waals surface area contributed by atoms with Crippen molar-refractivity contribution in [3.05, 3.63) is 96.9 Å². The smallest absolute Gasteiger partial charge is 0.307 e. The molecule has 0 amide bonds. The third kappa shape index (κ3) is 4.85. The Balaban J connectivity index is 1.79. The lowest BCUT2D eigenvalue weighted by Gasteiger charge is -2.29. The van der Waals surface area contributed by atoms with Gasteiger partial charge in [0.1, 0.15) is 5.75 Å². The summed E-state index contributed by atoms with van der Waals surface area (Å²) in [5.74, 6) is 0.531. The minimum absolute atomic E-state index is 0.0892. The zero-order chi connectivity index (χ0) is 23.3. The average molecular weight is 484 g/mol. The predicted molar refractivity (Wildman–Crippen MR) is 130 cm³/mol. The van der Waals surface area contributed by atoms with Crippen molar-refractivity contribution < 1.29 is 22.2 Å². The van der Waals surface area contributed by atoms with Gasteiger partial charge in [0.05, 0.1) is 22.6 Å². The second-order valence-corrected chi connectivity index (χ2v) is 11.8. The Kier molecular flexibility index (Phi) is 6.91. The highest BCUT2D eigenvalue weighted by atomic mass is 32.2. The summed E-state index contributed by atoms with van der Waals surface area (Å²) in [6, 6.07) is 24.1. The largest absolute Gasteiger partial charge is 0.497 e. The van der Waals surface area contributed by atoms with Crippen molar-refractivity contribution in [3.8, 4) is 5.75 Å². The van der Waals surface area contributed by atoms with E-state index in [0.717, 1.165) is 6.42 Å². The molecule has 0 unspecified atom stereocenters. The van der Waals surface area contributed by atoms with Crippen LogP contribution in [0.5, 0.6) is 5.75 Å². The fourth-order valence-corrected chi connectivity index (χ4v) is 7.30. The molecule has 1 heterocycles. The summed E-state index contributed by atoms with van der Waals surface area (Å²) in [7, 11) is -6.10. The normalized spacial score (nSPS) is 14.8. The van der Waals surface area contributed by atoms with Gasteiger partial charge in [0.2, 0.25) is 5.88 Å². The SMILES string of the molecule is COc1cccc(S(=O)(=O)N2CCCCC=C2OP(=O)(c2ccccc2)c2ccccc2)c1. The number of nitrogens with zero attached hydrogens (tertiary/aromatic N) is 1. The monoisotopic (exact) mass is 483 g/mol. The Hall–Kier alpha value is -3.02. The molecule has 0 aliphatic carbocycles. The lowest BCUT2D eigenvalue weighted by Crippen LogP contribution is -2.33. The van der Waals surface area contributed by atoms with E-state index >= 15 is 0 Å². The third-order valence-electron chi connectivity index (χ3n) is 5.42. The number of allylic oxidation sites excluding steroid dienone is 1. The van der Waals surface area contributed by atoms with E-state index in [9.17, 15) is 13.0 Å². The zero-order valence-electron chi connectivity index (χ0n) is 18.3. The molecule has 0 bridgehead atoms. The van der Waals surface area contributed by atoms with E-state index in [1.165, 1.54) is 23.5 Å². The summed E-state index contributed by atoms with van der Waals surface area (Å²) in [5, 5.41) is 1.00. The van der Waals surface area contributed by atoms with Crippen LogP contribution in [0.15, 0.2) is 102 Å². The van der Waals surface area contributed by atoms with E-state index in [0.29, 0.717) is 29.2 Å². The van der Waals surface area contributed by atoms with Crippen molar-refractivity contribution in [3.63, 3.8) is 0 Å². The molecule has 3 aromatic carbocycles. The molecule has 1 aliphatic heterocycles. The second kappa shape index (κ2) is 9.86. The Morgan fingerprint density at radius 3 is 2.09 bits per heavy atom. The molecular weight excluding hydrogens is 457 g/mol. The summed E-state index contributed by atoms with van der Waals surface area (Å²) >= 11 is 0. The van der Waals surface area contributed by atoms with E-state index in [4.69, 9.17) is 9.26 Å². The van der Waals surface area contributed by atoms with E-state index < -0.39 is 17.4 Å². The summed E-state index contributed by atoms with van der Waals surface area (Å²) in [5.41, 5.74) is 0. The second-order valence-electron chi connectivity index (χ2n) is 7.61. The maximum Gasteiger partial charge on any atom is 0.307 e. The molecule has 172 valence electrons. The van der Waals surface area contributed by atoms with E-state index in [1.807, 2.05) is 12.1 Å². The quantitative estimate of drug-likeness (QED) is 0.457. The average Bonchev–Trinajstić information content (AvgIpc) is 3.11. The van der Waals surface area contributed by atoms with Crippen LogP contribution in [0.3, 0.4) is 0 Å². The highest BCUT2D eigenvalue weighted by molar-refractivity contribution is 7.89. The number of hydrogen-bond donors (Lipinski definition) is 0. The van der Waals surface area contributed by atoms with Gasteiger partial charge >= 0.3 is 7.37 Å². The van der Waals surface area contributed by atoms with E-state index in [-0.39, 0.29) is 17.3 Å². The minimum Gasteiger partial charge on any atom is -0.497 e. The van der Waals surface area contributed by atoms with Crippen LogP contribution in [-0.2, 0) is 19.1 Å². The predicted octanol–water partition coefficient (Wildman–Crippen LogP) is 4.66. The molecule has 0 N–H and O–H groups in total. The molecule has 8 heteroatoms. The number of methoxy groups -OCH3 is 1. The van der Waals surface area contributed by atoms with Gasteiger partial charge in [-0.1, -0.05) is 42.5 Å². The first kappa shape index (κ1) is 23.1. The lowest BCUT2D eigenvalue weighted by atomic mass is 10.2. The molecule has 0 spiro atoms. The molecule has 1 aliphatic rings. The Morgan fingerprint density at radius 2 is 1.48 bits per heavy atom. The van der Waals surface area contributed by atoms with Crippen LogP contribution in [0, 0.1) is 0 Å². The fourth-order valence-electron chi connectivity index (χ4n) is 3.68. The maximum atomic E-state index is 14.4. The van der Waals surface area contributed by atoms with Crippen molar-refractivity contribution in [1.82, 2.24) is 4.31 Å². The molecule has 0 atom stereocenters. The van der Waals surface area contributed by atoms with Gasteiger partial charge in [0.15, 0.2) is 0 Å². The number of rotatable bonds is 7. The number of ether oxygens (including phenoxy) is 1. The third-order valence-corrected chi connectivity index (χ3v) is 9.62. The van der Waals surface area contributed by atoms with Gasteiger partial charge in [-0.2, -0.15) is 0 Å². The summed E-state index contributed by atoms with van der Waals surface area (Å²) < 4.78 is 54.4. The molecule has 0 saturated heterocycles. The van der Waals surface area contributed by atoms with Gasteiger partial charge in [0, 0.05) is 12.6 Å². The zero-order valence-corrected chi connectivity index (χ0v) is 20.0. The van der Waals surface area contributed by atoms with Crippen molar-refractivity contribution in [2.24, 2.45) is 0 Å². The topological polar surface area (TPSA) is 72.9 Å². The molecule has 6 nitrogen and oxygen atoms in total. The first-order chi connectivity index (χ1) is 15.9. The van der Waals surface area contributed by atoms with Crippen LogP contribution in [0.2, 0.25) is 0 Å². The van der Waals surface area contributed by atoms with Crippen LogP contribution in [0.25, 0.3) is 0 Å². The Labute approximate surface area is 195 Å². The van der Waals surface area contributed by atoms with E-state index in [1.54, 1.807) is 66.7 Å².